The van der Waals surface area contributed by atoms with Crippen molar-refractivity contribution >= 4 is 42.2 Å². The molecule has 0 saturated heterocycles. The third-order valence-electron chi connectivity index (χ3n) is 5.03. The van der Waals surface area contributed by atoms with Gasteiger partial charge >= 0.3 is 37.4 Å². The fourth-order valence-electron chi connectivity index (χ4n) is 3.57. The number of methoxy groups -OCH3 is 1. The number of hydrogen-bond donors (Lipinski definition) is 0. The summed E-state index contributed by atoms with van der Waals surface area (Å²) in [5, 5.41) is 1.86. The topological polar surface area (TPSA) is 67.8 Å². The summed E-state index contributed by atoms with van der Waals surface area (Å²) in [6.45, 7) is 0. The second kappa shape index (κ2) is 9.98. The number of fused-ring (bicyclic) bond motifs is 3. The molecule has 0 amide bonds. The van der Waals surface area contributed by atoms with E-state index in [0.717, 1.165) is 26.1 Å². The van der Waals surface area contributed by atoms with Crippen molar-refractivity contribution in [3.8, 4) is 11.5 Å². The van der Waals surface area contributed by atoms with Crippen LogP contribution in [0.25, 0.3) is 22.6 Å². The Labute approximate surface area is 218 Å². The van der Waals surface area contributed by atoms with Crippen molar-refractivity contribution in [2.75, 3.05) is 7.11 Å². The Kier molecular flexibility index (Phi) is 7.25. The first-order valence-corrected chi connectivity index (χ1v) is 12.2. The van der Waals surface area contributed by atoms with Crippen LogP contribution < -0.4 is 43.7 Å². The molecule has 33 heavy (non-hydrogen) atoms. The maximum Gasteiger partial charge on any atom is 1.00 e. The Morgan fingerprint density at radius 3 is 2.42 bits per heavy atom. The van der Waals surface area contributed by atoms with Gasteiger partial charge < -0.3 is 18.7 Å². The Morgan fingerprint density at radius 2 is 1.61 bits per heavy atom. The van der Waals surface area contributed by atoms with Crippen LogP contribution in [0, 0.1) is 0 Å². The summed E-state index contributed by atoms with van der Waals surface area (Å²) in [4.78, 5) is 14.6. The van der Waals surface area contributed by atoms with Crippen molar-refractivity contribution in [3.05, 3.63) is 96.1 Å². The average Bonchev–Trinajstić information content (AvgIpc) is 2.94. The number of rotatable bonds is 5. The summed E-state index contributed by atoms with van der Waals surface area (Å²) in [5.74, 6) is 1.00. The number of hydrogen-bond acceptors (Lipinski definition) is 6. The molecule has 0 aliphatic carbocycles. The Bertz CT molecular complexity index is 1400. The summed E-state index contributed by atoms with van der Waals surface area (Å²) < 4.78 is 29.3. The van der Waals surface area contributed by atoms with Crippen molar-refractivity contribution in [2.45, 2.75) is 9.79 Å². The molecule has 0 bridgehead atoms. The van der Waals surface area contributed by atoms with Crippen LogP contribution in [0.1, 0.15) is 11.1 Å². The standard InChI is InChI=1S/C25H19O5PS.Na/c1-28-22-11-6-10-21-23(16-19-9-4-5-12-24(19)32-25(21)22)30-31(26,27)29-20-14-13-17-7-2-3-8-18(17)15-20;/h2-16H,1H3,(H,26,27);/q;+1/p-1. The fraction of sp³-hybridized carbons (Fsp3) is 0.0400. The smallest absolute Gasteiger partial charge is 0.736 e. The molecule has 0 fully saturated rings. The van der Waals surface area contributed by atoms with E-state index in [2.05, 4.69) is 0 Å². The van der Waals surface area contributed by atoms with Crippen LogP contribution in [0.3, 0.4) is 0 Å². The molecule has 1 unspecified atom stereocenters. The van der Waals surface area contributed by atoms with Crippen LogP contribution in [0.4, 0.5) is 0 Å². The Hall–Kier alpha value is -2.18. The van der Waals surface area contributed by atoms with Gasteiger partial charge in [-0.25, -0.2) is 4.57 Å². The summed E-state index contributed by atoms with van der Waals surface area (Å²) in [6.07, 6.45) is 1.71. The van der Waals surface area contributed by atoms with Gasteiger partial charge in [0.05, 0.1) is 12.0 Å². The van der Waals surface area contributed by atoms with Crippen LogP contribution in [0.15, 0.2) is 94.7 Å². The normalized spacial score (nSPS) is 13.9. The number of phosphoric ester groups is 1. The van der Waals surface area contributed by atoms with E-state index in [1.807, 2.05) is 60.7 Å². The zero-order chi connectivity index (χ0) is 22.1. The van der Waals surface area contributed by atoms with Crippen molar-refractivity contribution in [2.24, 2.45) is 0 Å². The molecule has 0 aromatic heterocycles. The molecule has 5 nitrogen and oxygen atoms in total. The van der Waals surface area contributed by atoms with Crippen molar-refractivity contribution < 1.29 is 52.8 Å². The first-order chi connectivity index (χ1) is 15.5. The zero-order valence-electron chi connectivity index (χ0n) is 18.1. The van der Waals surface area contributed by atoms with Crippen LogP contribution in [-0.2, 0) is 9.09 Å². The van der Waals surface area contributed by atoms with Crippen molar-refractivity contribution in [1.82, 2.24) is 0 Å². The van der Waals surface area contributed by atoms with Gasteiger partial charge in [0.25, 0.3) is 0 Å². The second-order valence-electron chi connectivity index (χ2n) is 7.12. The first-order valence-electron chi connectivity index (χ1n) is 9.87. The van der Waals surface area contributed by atoms with Crippen molar-refractivity contribution in [1.29, 1.82) is 0 Å². The molecule has 1 heterocycles. The quantitative estimate of drug-likeness (QED) is 0.320. The van der Waals surface area contributed by atoms with Crippen LogP contribution in [-0.4, -0.2) is 7.11 Å². The zero-order valence-corrected chi connectivity index (χ0v) is 21.8. The molecule has 0 spiro atoms. The van der Waals surface area contributed by atoms with Crippen LogP contribution in [0.2, 0.25) is 0 Å². The minimum absolute atomic E-state index is 0. The predicted molar refractivity (Wildman–Crippen MR) is 125 cm³/mol. The maximum absolute atomic E-state index is 12.9. The van der Waals surface area contributed by atoms with Gasteiger partial charge in [-0.2, -0.15) is 0 Å². The van der Waals surface area contributed by atoms with E-state index in [1.54, 1.807) is 37.5 Å². The number of phosphoric acid groups is 1. The molecule has 4 aromatic carbocycles. The molecule has 160 valence electrons. The fourth-order valence-corrected chi connectivity index (χ4v) is 5.51. The van der Waals surface area contributed by atoms with E-state index in [1.165, 1.54) is 11.8 Å². The minimum Gasteiger partial charge on any atom is -0.736 e. The van der Waals surface area contributed by atoms with Gasteiger partial charge in [-0.1, -0.05) is 66.4 Å². The van der Waals surface area contributed by atoms with E-state index in [4.69, 9.17) is 13.8 Å². The predicted octanol–water partition coefficient (Wildman–Crippen LogP) is 3.38. The monoisotopic (exact) mass is 484 g/mol. The summed E-state index contributed by atoms with van der Waals surface area (Å²) in [5.41, 5.74) is 1.46. The minimum atomic E-state index is -4.74. The largest absolute Gasteiger partial charge is 1.00 e. The molecule has 1 aliphatic heterocycles. The van der Waals surface area contributed by atoms with Crippen LogP contribution >= 0.6 is 19.6 Å². The third kappa shape index (κ3) is 5.17. The van der Waals surface area contributed by atoms with Crippen molar-refractivity contribution in [3.63, 3.8) is 0 Å². The van der Waals surface area contributed by atoms with Gasteiger partial charge in [-0.05, 0) is 52.7 Å². The first kappa shape index (κ1) is 24.0. The molecule has 4 aromatic rings. The van der Waals surface area contributed by atoms with E-state index >= 15 is 0 Å². The van der Waals surface area contributed by atoms with Gasteiger partial charge in [0.1, 0.15) is 17.3 Å². The summed E-state index contributed by atoms with van der Waals surface area (Å²) >= 11 is 1.50. The molecular formula is C25H18NaO5PS. The van der Waals surface area contributed by atoms with E-state index in [9.17, 15) is 9.46 Å². The molecule has 1 aliphatic rings. The average molecular weight is 484 g/mol. The summed E-state index contributed by atoms with van der Waals surface area (Å²) in [6, 6.07) is 25.9. The summed E-state index contributed by atoms with van der Waals surface area (Å²) in [7, 11) is -3.16. The molecular weight excluding hydrogens is 466 g/mol. The Morgan fingerprint density at radius 1 is 0.848 bits per heavy atom. The van der Waals surface area contributed by atoms with Crippen LogP contribution in [0.5, 0.6) is 11.5 Å². The SMILES string of the molecule is COc1cccc2c1Sc1ccccc1C=C2OP(=O)([O-])Oc1ccc2ccccc2c1.[Na+]. The van der Waals surface area contributed by atoms with E-state index in [-0.39, 0.29) is 41.1 Å². The molecule has 8 heteroatoms. The number of ether oxygens (including phenoxy) is 1. The molecule has 5 rings (SSSR count). The molecule has 0 saturated carbocycles. The van der Waals surface area contributed by atoms with E-state index in [0.29, 0.717) is 11.3 Å². The molecule has 0 N–H and O–H groups in total. The van der Waals surface area contributed by atoms with Gasteiger partial charge in [0, 0.05) is 10.5 Å². The maximum atomic E-state index is 12.9. The second-order valence-corrected chi connectivity index (χ2v) is 9.44. The van der Waals surface area contributed by atoms with Gasteiger partial charge in [0.15, 0.2) is 0 Å². The molecule has 1 atom stereocenters. The van der Waals surface area contributed by atoms with Gasteiger partial charge in [-0.3, -0.25) is 0 Å². The number of benzene rings is 4. The molecule has 0 radical (unpaired) electrons. The van der Waals surface area contributed by atoms with Gasteiger partial charge in [-0.15, -0.1) is 0 Å². The van der Waals surface area contributed by atoms with E-state index < -0.39 is 7.82 Å². The van der Waals surface area contributed by atoms with Gasteiger partial charge in [0.2, 0.25) is 0 Å². The third-order valence-corrected chi connectivity index (χ3v) is 7.10. The Balaban J connectivity index is 0.00000259.